The van der Waals surface area contributed by atoms with Crippen LogP contribution >= 0.6 is 15.9 Å². The van der Waals surface area contributed by atoms with Gasteiger partial charge in [-0.15, -0.1) is 0 Å². The number of aromatic carboxylic acids is 1. The minimum absolute atomic E-state index is 0.180. The second-order valence-corrected chi connectivity index (χ2v) is 6.21. The Morgan fingerprint density at radius 2 is 1.76 bits per heavy atom. The van der Waals surface area contributed by atoms with Crippen molar-refractivity contribution in [3.8, 4) is 0 Å². The maximum absolute atomic E-state index is 11.3. The lowest BCUT2D eigenvalue weighted by Crippen LogP contribution is -2.04. The maximum atomic E-state index is 11.3. The summed E-state index contributed by atoms with van der Waals surface area (Å²) in [4.78, 5) is 19.6. The Morgan fingerprint density at radius 1 is 1.04 bits per heavy atom. The van der Waals surface area contributed by atoms with Crippen LogP contribution in [-0.2, 0) is 0 Å². The molecule has 0 saturated carbocycles. The molecule has 0 unspecified atom stereocenters. The summed E-state index contributed by atoms with van der Waals surface area (Å²) in [5.74, 6) is 0.105. The summed E-state index contributed by atoms with van der Waals surface area (Å²) in [5, 5.41) is 15.5. The van der Waals surface area contributed by atoms with Crippen molar-refractivity contribution in [3.63, 3.8) is 0 Å². The Hall–Kier alpha value is -2.93. The highest BCUT2D eigenvalue weighted by Crippen LogP contribution is 2.24. The van der Waals surface area contributed by atoms with E-state index in [1.807, 2.05) is 25.1 Å². The van der Waals surface area contributed by atoms with E-state index in [2.05, 4.69) is 36.5 Å². The van der Waals surface area contributed by atoms with Gasteiger partial charge in [-0.05, 0) is 42.8 Å². The number of nitrogens with zero attached hydrogens (tertiary/aromatic N) is 2. The quantitative estimate of drug-likeness (QED) is 0.575. The predicted molar refractivity (Wildman–Crippen MR) is 101 cm³/mol. The lowest BCUT2D eigenvalue weighted by atomic mass is 10.2. The van der Waals surface area contributed by atoms with Crippen LogP contribution in [0.3, 0.4) is 0 Å². The number of rotatable bonds is 5. The number of carboxylic acid groups (broad SMARTS) is 1. The highest BCUT2D eigenvalue weighted by Gasteiger charge is 2.10. The molecule has 0 bridgehead atoms. The molecule has 3 aromatic rings. The molecule has 0 fully saturated rings. The van der Waals surface area contributed by atoms with Crippen LogP contribution < -0.4 is 10.6 Å². The normalized spacial score (nSPS) is 10.3. The van der Waals surface area contributed by atoms with Crippen molar-refractivity contribution in [1.82, 2.24) is 9.97 Å². The number of carboxylic acids is 1. The minimum atomic E-state index is -0.999. The molecule has 0 radical (unpaired) electrons. The van der Waals surface area contributed by atoms with Crippen molar-refractivity contribution >= 4 is 44.9 Å². The van der Waals surface area contributed by atoms with Crippen LogP contribution in [0.25, 0.3) is 0 Å². The predicted octanol–water partition coefficient (Wildman–Crippen LogP) is 4.73. The number of benzene rings is 2. The van der Waals surface area contributed by atoms with Crippen LogP contribution in [0.2, 0.25) is 0 Å². The molecular weight excluding hydrogens is 384 g/mol. The zero-order chi connectivity index (χ0) is 17.8. The summed E-state index contributed by atoms with van der Waals surface area (Å²) in [6.07, 6.45) is 1.42. The molecule has 0 spiro atoms. The Balaban J connectivity index is 1.82. The standard InChI is InChI=1S/C18H15BrN4O2/c1-11-8-12(6-7-14(11)19)22-16-9-17(21-10-20-16)23-15-5-3-2-4-13(15)18(24)25/h2-10H,1H3,(H,24,25)(H2,20,21,22,23). The van der Waals surface area contributed by atoms with Gasteiger partial charge < -0.3 is 15.7 Å². The number of aryl methyl sites for hydroxylation is 1. The van der Waals surface area contributed by atoms with Gasteiger partial charge in [-0.1, -0.05) is 28.1 Å². The lowest BCUT2D eigenvalue weighted by Gasteiger charge is -2.11. The number of hydrogen-bond acceptors (Lipinski definition) is 5. The number of nitrogens with one attached hydrogen (secondary N) is 2. The molecular formula is C18H15BrN4O2. The van der Waals surface area contributed by atoms with Gasteiger partial charge in [-0.25, -0.2) is 14.8 Å². The molecule has 1 aromatic heterocycles. The third kappa shape index (κ3) is 4.13. The topological polar surface area (TPSA) is 87.1 Å². The summed E-state index contributed by atoms with van der Waals surface area (Å²) in [5.41, 5.74) is 2.65. The molecule has 0 saturated heterocycles. The Labute approximate surface area is 153 Å². The van der Waals surface area contributed by atoms with E-state index in [1.54, 1.807) is 24.3 Å². The van der Waals surface area contributed by atoms with Gasteiger partial charge in [0.15, 0.2) is 0 Å². The first-order valence-electron chi connectivity index (χ1n) is 7.47. The van der Waals surface area contributed by atoms with Gasteiger partial charge in [0.25, 0.3) is 0 Å². The van der Waals surface area contributed by atoms with Crippen molar-refractivity contribution in [1.29, 1.82) is 0 Å². The molecule has 1 heterocycles. The van der Waals surface area contributed by atoms with Crippen LogP contribution in [0.15, 0.2) is 59.3 Å². The molecule has 2 aromatic carbocycles. The van der Waals surface area contributed by atoms with E-state index in [4.69, 9.17) is 0 Å². The first kappa shape index (κ1) is 16.9. The van der Waals surface area contributed by atoms with Crippen molar-refractivity contribution < 1.29 is 9.90 Å². The number of carbonyl (C=O) groups is 1. The first-order chi connectivity index (χ1) is 12.0. The van der Waals surface area contributed by atoms with Crippen molar-refractivity contribution in [3.05, 3.63) is 70.5 Å². The van der Waals surface area contributed by atoms with Crippen LogP contribution in [0, 0.1) is 6.92 Å². The van der Waals surface area contributed by atoms with E-state index in [-0.39, 0.29) is 5.56 Å². The van der Waals surface area contributed by atoms with E-state index in [9.17, 15) is 9.90 Å². The third-order valence-corrected chi connectivity index (χ3v) is 4.41. The fourth-order valence-electron chi connectivity index (χ4n) is 2.28. The van der Waals surface area contributed by atoms with Gasteiger partial charge in [0.2, 0.25) is 0 Å². The van der Waals surface area contributed by atoms with E-state index < -0.39 is 5.97 Å². The first-order valence-corrected chi connectivity index (χ1v) is 8.27. The maximum Gasteiger partial charge on any atom is 0.337 e. The summed E-state index contributed by atoms with van der Waals surface area (Å²) in [6, 6.07) is 14.3. The number of anilines is 4. The molecule has 0 aliphatic rings. The van der Waals surface area contributed by atoms with Gasteiger partial charge >= 0.3 is 5.97 Å². The Morgan fingerprint density at radius 3 is 2.48 bits per heavy atom. The third-order valence-electron chi connectivity index (χ3n) is 3.52. The highest BCUT2D eigenvalue weighted by molar-refractivity contribution is 9.10. The summed E-state index contributed by atoms with van der Waals surface area (Å²) < 4.78 is 1.04. The van der Waals surface area contributed by atoms with Gasteiger partial charge in [-0.2, -0.15) is 0 Å². The Kier molecular flexibility index (Phi) is 4.95. The van der Waals surface area contributed by atoms with Crippen LogP contribution in [-0.4, -0.2) is 21.0 Å². The van der Waals surface area contributed by atoms with E-state index in [1.165, 1.54) is 12.4 Å². The largest absolute Gasteiger partial charge is 0.478 e. The molecule has 0 aliphatic heterocycles. The zero-order valence-electron chi connectivity index (χ0n) is 13.3. The van der Waals surface area contributed by atoms with Gasteiger partial charge in [0.05, 0.1) is 11.3 Å². The average Bonchev–Trinajstić information content (AvgIpc) is 2.59. The van der Waals surface area contributed by atoms with Gasteiger partial charge in [0.1, 0.15) is 18.0 Å². The highest BCUT2D eigenvalue weighted by atomic mass is 79.9. The fraction of sp³-hybridized carbons (Fsp3) is 0.0556. The van der Waals surface area contributed by atoms with Gasteiger partial charge in [-0.3, -0.25) is 0 Å². The van der Waals surface area contributed by atoms with Crippen LogP contribution in [0.1, 0.15) is 15.9 Å². The summed E-state index contributed by atoms with van der Waals surface area (Å²) in [6.45, 7) is 2.01. The molecule has 3 rings (SSSR count). The molecule has 3 N–H and O–H groups in total. The zero-order valence-corrected chi connectivity index (χ0v) is 14.9. The second kappa shape index (κ2) is 7.31. The summed E-state index contributed by atoms with van der Waals surface area (Å²) in [7, 11) is 0. The molecule has 7 heteroatoms. The molecule has 0 atom stereocenters. The average molecular weight is 399 g/mol. The van der Waals surface area contributed by atoms with E-state index in [0.29, 0.717) is 17.3 Å². The van der Waals surface area contributed by atoms with E-state index >= 15 is 0 Å². The number of halogens is 1. The smallest absolute Gasteiger partial charge is 0.337 e. The molecule has 0 aliphatic carbocycles. The number of hydrogen-bond donors (Lipinski definition) is 3. The van der Waals surface area contributed by atoms with Crippen molar-refractivity contribution in [2.24, 2.45) is 0 Å². The molecule has 25 heavy (non-hydrogen) atoms. The van der Waals surface area contributed by atoms with E-state index in [0.717, 1.165) is 15.7 Å². The minimum Gasteiger partial charge on any atom is -0.478 e. The number of para-hydroxylation sites is 1. The molecule has 0 amide bonds. The SMILES string of the molecule is Cc1cc(Nc2cc(Nc3ccccc3C(=O)O)ncn2)ccc1Br. The van der Waals surface area contributed by atoms with Crippen LogP contribution in [0.4, 0.5) is 23.0 Å². The Bertz CT molecular complexity index is 930. The summed E-state index contributed by atoms with van der Waals surface area (Å²) >= 11 is 3.47. The fourth-order valence-corrected chi connectivity index (χ4v) is 2.53. The van der Waals surface area contributed by atoms with Crippen LogP contribution in [0.5, 0.6) is 0 Å². The van der Waals surface area contributed by atoms with Crippen molar-refractivity contribution in [2.75, 3.05) is 10.6 Å². The van der Waals surface area contributed by atoms with Crippen molar-refractivity contribution in [2.45, 2.75) is 6.92 Å². The lowest BCUT2D eigenvalue weighted by molar-refractivity contribution is 0.0698. The van der Waals surface area contributed by atoms with Gasteiger partial charge in [0, 0.05) is 16.2 Å². The number of aromatic nitrogens is 2. The second-order valence-electron chi connectivity index (χ2n) is 5.35. The monoisotopic (exact) mass is 398 g/mol. The molecule has 6 nitrogen and oxygen atoms in total. The molecule has 126 valence electrons.